The van der Waals surface area contributed by atoms with Crippen LogP contribution in [0, 0.1) is 56.7 Å². The second-order valence-corrected chi connectivity index (χ2v) is 16.0. The molecule has 2 N–H and O–H groups in total. The third-order valence-electron chi connectivity index (χ3n) is 14.5. The van der Waals surface area contributed by atoms with Gasteiger partial charge in [0.2, 0.25) is 5.91 Å². The summed E-state index contributed by atoms with van der Waals surface area (Å²) in [5.41, 5.74) is 2.68. The van der Waals surface area contributed by atoms with E-state index in [1.807, 2.05) is 30.3 Å². The van der Waals surface area contributed by atoms with E-state index in [-0.39, 0.29) is 39.1 Å². The maximum absolute atomic E-state index is 14.3. The molecular formula is C36H53NO2. The number of benzene rings is 1. The Labute approximate surface area is 237 Å². The number of aliphatic hydroxyl groups is 1. The predicted molar refractivity (Wildman–Crippen MR) is 160 cm³/mol. The number of hydrogen-bond acceptors (Lipinski definition) is 2. The number of anilines is 1. The van der Waals surface area contributed by atoms with Crippen molar-refractivity contribution < 1.29 is 9.90 Å². The van der Waals surface area contributed by atoms with Gasteiger partial charge in [0, 0.05) is 5.69 Å². The predicted octanol–water partition coefficient (Wildman–Crippen LogP) is 8.64. The summed E-state index contributed by atoms with van der Waals surface area (Å²) in [4.78, 5) is 14.3. The zero-order valence-electron chi connectivity index (χ0n) is 25.5. The molecule has 5 fully saturated rings. The normalized spacial score (nSPS) is 48.2. The fourth-order valence-electron chi connectivity index (χ4n) is 12.3. The van der Waals surface area contributed by atoms with E-state index in [9.17, 15) is 9.90 Å². The molecule has 0 bridgehead atoms. The van der Waals surface area contributed by atoms with Crippen LogP contribution in [0.5, 0.6) is 0 Å². The van der Waals surface area contributed by atoms with E-state index in [0.717, 1.165) is 44.2 Å². The van der Waals surface area contributed by atoms with Crippen molar-refractivity contribution >= 4 is 11.6 Å². The van der Waals surface area contributed by atoms with Crippen LogP contribution in [0.4, 0.5) is 5.69 Å². The molecular weight excluding hydrogens is 478 g/mol. The Balaban J connectivity index is 1.37. The lowest BCUT2D eigenvalue weighted by Crippen LogP contribution is -2.67. The van der Waals surface area contributed by atoms with Crippen LogP contribution < -0.4 is 5.32 Å². The lowest BCUT2D eigenvalue weighted by molar-refractivity contribution is -0.246. The Kier molecular flexibility index (Phi) is 6.32. The minimum absolute atomic E-state index is 0.0141. The lowest BCUT2D eigenvalue weighted by Gasteiger charge is -2.72. The zero-order chi connectivity index (χ0) is 28.0. The van der Waals surface area contributed by atoms with E-state index in [1.165, 1.54) is 31.3 Å². The van der Waals surface area contributed by atoms with E-state index in [2.05, 4.69) is 53.4 Å². The fourth-order valence-corrected chi connectivity index (χ4v) is 12.3. The van der Waals surface area contributed by atoms with Crippen LogP contribution in [0.1, 0.15) is 106 Å². The van der Waals surface area contributed by atoms with Gasteiger partial charge in [-0.2, -0.15) is 0 Å². The topological polar surface area (TPSA) is 49.3 Å². The summed E-state index contributed by atoms with van der Waals surface area (Å²) < 4.78 is 0. The quantitative estimate of drug-likeness (QED) is 0.383. The highest BCUT2D eigenvalue weighted by atomic mass is 16.3. The molecule has 0 spiro atoms. The van der Waals surface area contributed by atoms with Crippen LogP contribution in [0.15, 0.2) is 42.5 Å². The van der Waals surface area contributed by atoms with Crippen molar-refractivity contribution in [3.05, 3.63) is 42.5 Å². The van der Waals surface area contributed by atoms with Crippen LogP contribution in [0.25, 0.3) is 0 Å². The number of carbonyl (C=O) groups is 1. The molecule has 6 rings (SSSR count). The zero-order valence-corrected chi connectivity index (χ0v) is 25.5. The first kappa shape index (κ1) is 27.6. The first-order valence-corrected chi connectivity index (χ1v) is 16.0. The molecule has 0 radical (unpaired) electrons. The van der Waals surface area contributed by atoms with Crippen molar-refractivity contribution in [2.24, 2.45) is 56.7 Å². The molecule has 1 aromatic carbocycles. The van der Waals surface area contributed by atoms with Crippen LogP contribution in [-0.2, 0) is 4.79 Å². The van der Waals surface area contributed by atoms with E-state index in [0.29, 0.717) is 29.6 Å². The first-order chi connectivity index (χ1) is 18.3. The Morgan fingerprint density at radius 3 is 2.26 bits per heavy atom. The minimum atomic E-state index is -0.287. The highest BCUT2D eigenvalue weighted by Gasteiger charge is 2.71. The maximum Gasteiger partial charge on any atom is 0.230 e. The van der Waals surface area contributed by atoms with Crippen molar-refractivity contribution in [3.63, 3.8) is 0 Å². The molecule has 214 valence electrons. The summed E-state index contributed by atoms with van der Waals surface area (Å²) in [6, 6.07) is 10.1. The van der Waals surface area contributed by atoms with E-state index >= 15 is 0 Å². The van der Waals surface area contributed by atoms with Crippen molar-refractivity contribution in [3.8, 4) is 0 Å². The number of hydrogen-bond donors (Lipinski definition) is 2. The summed E-state index contributed by atoms with van der Waals surface area (Å²) in [6.07, 6.45) is 11.1. The number of para-hydroxylation sites is 1. The van der Waals surface area contributed by atoms with Crippen molar-refractivity contribution in [1.82, 2.24) is 0 Å². The molecule has 1 amide bonds. The number of carbonyl (C=O) groups excluding carboxylic acids is 1. The SMILES string of the molecule is C=C(C)[C@@H]1CC[C@]2(C(=O)Nc3ccccc3)CC[C@]3(C)[C@H](CC[C@@H]4[C@@]5(C)CC[C@H](O)C(C)(C)[C@@H]5CC[C@]43C)[C@@H]12. The van der Waals surface area contributed by atoms with Gasteiger partial charge in [-0.1, -0.05) is 65.0 Å². The van der Waals surface area contributed by atoms with Crippen molar-refractivity contribution in [1.29, 1.82) is 0 Å². The summed E-state index contributed by atoms with van der Waals surface area (Å²) in [5.74, 6) is 2.90. The Morgan fingerprint density at radius 2 is 1.56 bits per heavy atom. The second kappa shape index (κ2) is 8.94. The fraction of sp³-hybridized carbons (Fsp3) is 0.750. The number of fused-ring (bicyclic) bond motifs is 7. The van der Waals surface area contributed by atoms with E-state index in [4.69, 9.17) is 0 Å². The number of allylic oxidation sites excluding steroid dienone is 1. The third-order valence-corrected chi connectivity index (χ3v) is 14.5. The summed E-state index contributed by atoms with van der Waals surface area (Å²) >= 11 is 0. The standard InChI is InChI=1S/C36H53NO2/c1-23(2)25-15-20-36(31(39)37-24-11-9-8-10-12-24)22-21-34(6)26(30(25)36)13-14-28-33(5)18-17-29(38)32(3,4)27(33)16-19-35(28,34)7/h8-12,25-30,38H,1,13-22H2,2-7H3,(H,37,39)/t25-,26+,27-,28+,29-,30+,33-,34+,35+,36-/m0/s1. The summed E-state index contributed by atoms with van der Waals surface area (Å²) in [7, 11) is 0. The number of aliphatic hydroxyl groups excluding tert-OH is 1. The minimum Gasteiger partial charge on any atom is -0.393 e. The Bertz CT molecular complexity index is 1140. The van der Waals surface area contributed by atoms with Crippen molar-refractivity contribution in [2.75, 3.05) is 5.32 Å². The van der Waals surface area contributed by atoms with Gasteiger partial charge in [-0.25, -0.2) is 0 Å². The van der Waals surface area contributed by atoms with Gasteiger partial charge in [-0.15, -0.1) is 0 Å². The molecule has 39 heavy (non-hydrogen) atoms. The largest absolute Gasteiger partial charge is 0.393 e. The van der Waals surface area contributed by atoms with Gasteiger partial charge in [-0.3, -0.25) is 4.79 Å². The smallest absolute Gasteiger partial charge is 0.230 e. The molecule has 5 saturated carbocycles. The molecule has 5 aliphatic rings. The van der Waals surface area contributed by atoms with Gasteiger partial charge < -0.3 is 10.4 Å². The molecule has 0 saturated heterocycles. The average Bonchev–Trinajstić information content (AvgIpc) is 3.29. The van der Waals surface area contributed by atoms with E-state index < -0.39 is 0 Å². The molecule has 1 aromatic rings. The van der Waals surface area contributed by atoms with Gasteiger partial charge in [0.05, 0.1) is 11.5 Å². The Morgan fingerprint density at radius 1 is 0.846 bits per heavy atom. The molecule has 3 nitrogen and oxygen atoms in total. The van der Waals surface area contributed by atoms with Gasteiger partial charge in [-0.05, 0) is 135 Å². The molecule has 3 heteroatoms. The molecule has 0 aliphatic heterocycles. The molecule has 5 aliphatic carbocycles. The first-order valence-electron chi connectivity index (χ1n) is 16.0. The second-order valence-electron chi connectivity index (χ2n) is 16.0. The highest BCUT2D eigenvalue weighted by Crippen LogP contribution is 2.77. The van der Waals surface area contributed by atoms with Crippen LogP contribution in [0.3, 0.4) is 0 Å². The van der Waals surface area contributed by atoms with Gasteiger partial charge in [0.15, 0.2) is 0 Å². The van der Waals surface area contributed by atoms with Crippen molar-refractivity contribution in [2.45, 2.75) is 112 Å². The number of amides is 1. The summed E-state index contributed by atoms with van der Waals surface area (Å²) in [5, 5.41) is 14.4. The van der Waals surface area contributed by atoms with Gasteiger partial charge in [0.25, 0.3) is 0 Å². The molecule has 0 heterocycles. The van der Waals surface area contributed by atoms with E-state index in [1.54, 1.807) is 0 Å². The Hall–Kier alpha value is -1.61. The van der Waals surface area contributed by atoms with Gasteiger partial charge in [0.1, 0.15) is 0 Å². The van der Waals surface area contributed by atoms with Crippen LogP contribution >= 0.6 is 0 Å². The molecule has 10 atom stereocenters. The third kappa shape index (κ3) is 3.60. The summed E-state index contributed by atoms with van der Waals surface area (Å²) in [6.45, 7) is 19.3. The van der Waals surface area contributed by atoms with Crippen LogP contribution in [-0.4, -0.2) is 17.1 Å². The van der Waals surface area contributed by atoms with Gasteiger partial charge >= 0.3 is 0 Å². The lowest BCUT2D eigenvalue weighted by atomic mass is 9.32. The monoisotopic (exact) mass is 531 g/mol. The van der Waals surface area contributed by atoms with Crippen LogP contribution in [0.2, 0.25) is 0 Å². The molecule has 0 aromatic heterocycles. The molecule has 0 unspecified atom stereocenters. The number of nitrogens with one attached hydrogen (secondary N) is 1. The maximum atomic E-state index is 14.3. The number of rotatable bonds is 3. The average molecular weight is 532 g/mol. The highest BCUT2D eigenvalue weighted by molar-refractivity contribution is 5.96.